The SMILES string of the molecule is CC1CC(C(=O)O)CN(Cc2ccccc2N2CCOC(C)C2)C1. The number of carboxylic acid groups (broad SMARTS) is 1. The Balaban J connectivity index is 1.74. The molecule has 1 aromatic carbocycles. The number of morpholine rings is 1. The second-order valence-corrected chi connectivity index (χ2v) is 7.33. The molecule has 5 nitrogen and oxygen atoms in total. The van der Waals surface area contributed by atoms with Crippen LogP contribution in [0, 0.1) is 11.8 Å². The summed E-state index contributed by atoms with van der Waals surface area (Å²) < 4.78 is 5.66. The van der Waals surface area contributed by atoms with Gasteiger partial charge in [0.25, 0.3) is 0 Å². The molecule has 3 atom stereocenters. The van der Waals surface area contributed by atoms with Crippen molar-refractivity contribution in [1.82, 2.24) is 4.90 Å². The van der Waals surface area contributed by atoms with Crippen LogP contribution in [0.25, 0.3) is 0 Å². The fourth-order valence-corrected chi connectivity index (χ4v) is 4.00. The van der Waals surface area contributed by atoms with E-state index in [-0.39, 0.29) is 12.0 Å². The molecule has 1 aromatic rings. The summed E-state index contributed by atoms with van der Waals surface area (Å²) in [5, 5.41) is 9.38. The number of nitrogens with zero attached hydrogens (tertiary/aromatic N) is 2. The highest BCUT2D eigenvalue weighted by Gasteiger charge is 2.30. The molecular weight excluding hydrogens is 304 g/mol. The predicted molar refractivity (Wildman–Crippen MR) is 94.3 cm³/mol. The van der Waals surface area contributed by atoms with Crippen molar-refractivity contribution in [1.29, 1.82) is 0 Å². The van der Waals surface area contributed by atoms with Crippen molar-refractivity contribution < 1.29 is 14.6 Å². The third kappa shape index (κ3) is 4.08. The maximum Gasteiger partial charge on any atom is 0.307 e. The largest absolute Gasteiger partial charge is 0.481 e. The van der Waals surface area contributed by atoms with Crippen LogP contribution in [-0.4, -0.2) is 54.9 Å². The Labute approximate surface area is 144 Å². The van der Waals surface area contributed by atoms with E-state index in [1.54, 1.807) is 0 Å². The van der Waals surface area contributed by atoms with Gasteiger partial charge in [-0.3, -0.25) is 9.69 Å². The Kier molecular flexibility index (Phi) is 5.41. The Hall–Kier alpha value is -1.59. The number of benzene rings is 1. The molecule has 0 aliphatic carbocycles. The zero-order valence-electron chi connectivity index (χ0n) is 14.6. The highest BCUT2D eigenvalue weighted by Crippen LogP contribution is 2.28. The number of carboxylic acids is 1. The predicted octanol–water partition coefficient (Wildman–Crippen LogP) is 2.45. The molecule has 2 aliphatic rings. The number of piperidine rings is 1. The maximum atomic E-state index is 11.4. The number of hydrogen-bond acceptors (Lipinski definition) is 4. The minimum atomic E-state index is -0.665. The number of hydrogen-bond donors (Lipinski definition) is 1. The van der Waals surface area contributed by atoms with E-state index >= 15 is 0 Å². The number of anilines is 1. The second-order valence-electron chi connectivity index (χ2n) is 7.33. The van der Waals surface area contributed by atoms with Crippen molar-refractivity contribution in [2.24, 2.45) is 11.8 Å². The van der Waals surface area contributed by atoms with Gasteiger partial charge in [-0.25, -0.2) is 0 Å². The van der Waals surface area contributed by atoms with E-state index in [0.29, 0.717) is 12.5 Å². The summed E-state index contributed by atoms with van der Waals surface area (Å²) in [6.07, 6.45) is 1.03. The monoisotopic (exact) mass is 332 g/mol. The summed E-state index contributed by atoms with van der Waals surface area (Å²) in [5.74, 6) is -0.485. The highest BCUT2D eigenvalue weighted by molar-refractivity contribution is 5.70. The molecule has 0 bridgehead atoms. The quantitative estimate of drug-likeness (QED) is 0.918. The van der Waals surface area contributed by atoms with Gasteiger partial charge in [-0.15, -0.1) is 0 Å². The van der Waals surface area contributed by atoms with Crippen molar-refractivity contribution in [2.75, 3.05) is 37.7 Å². The van der Waals surface area contributed by atoms with Crippen molar-refractivity contribution in [2.45, 2.75) is 32.9 Å². The van der Waals surface area contributed by atoms with Gasteiger partial charge in [0.2, 0.25) is 0 Å². The lowest BCUT2D eigenvalue weighted by Gasteiger charge is -2.37. The summed E-state index contributed by atoms with van der Waals surface area (Å²) in [4.78, 5) is 16.1. The first-order valence-electron chi connectivity index (χ1n) is 8.92. The number of carbonyl (C=O) groups is 1. The van der Waals surface area contributed by atoms with Gasteiger partial charge in [0.15, 0.2) is 0 Å². The number of likely N-dealkylation sites (tertiary alicyclic amines) is 1. The van der Waals surface area contributed by atoms with Crippen LogP contribution in [0.5, 0.6) is 0 Å². The van der Waals surface area contributed by atoms with E-state index in [0.717, 1.165) is 39.2 Å². The maximum absolute atomic E-state index is 11.4. The van der Waals surface area contributed by atoms with E-state index in [4.69, 9.17) is 4.74 Å². The fraction of sp³-hybridized carbons (Fsp3) is 0.632. The van der Waals surface area contributed by atoms with Crippen LogP contribution < -0.4 is 4.90 Å². The van der Waals surface area contributed by atoms with Crippen LogP contribution in [0.2, 0.25) is 0 Å². The summed E-state index contributed by atoms with van der Waals surface area (Å²) in [6, 6.07) is 8.50. The zero-order chi connectivity index (χ0) is 17.1. The average Bonchev–Trinajstić information content (AvgIpc) is 2.55. The van der Waals surface area contributed by atoms with Gasteiger partial charge in [0, 0.05) is 38.4 Å². The molecule has 24 heavy (non-hydrogen) atoms. The number of para-hydroxylation sites is 1. The van der Waals surface area contributed by atoms with Gasteiger partial charge >= 0.3 is 5.97 Å². The fourth-order valence-electron chi connectivity index (χ4n) is 4.00. The molecule has 2 heterocycles. The molecule has 2 saturated heterocycles. The van der Waals surface area contributed by atoms with Crippen LogP contribution in [0.1, 0.15) is 25.8 Å². The highest BCUT2D eigenvalue weighted by atomic mass is 16.5. The molecule has 0 amide bonds. The van der Waals surface area contributed by atoms with Gasteiger partial charge in [0.1, 0.15) is 0 Å². The van der Waals surface area contributed by atoms with E-state index in [2.05, 4.69) is 47.9 Å². The van der Waals surface area contributed by atoms with Crippen molar-refractivity contribution in [3.8, 4) is 0 Å². The number of rotatable bonds is 4. The van der Waals surface area contributed by atoms with Crippen LogP contribution >= 0.6 is 0 Å². The lowest BCUT2D eigenvalue weighted by Crippen LogP contribution is -2.43. The van der Waals surface area contributed by atoms with Gasteiger partial charge in [-0.2, -0.15) is 0 Å². The molecule has 2 fully saturated rings. The first-order valence-corrected chi connectivity index (χ1v) is 8.92. The molecule has 0 saturated carbocycles. The van der Waals surface area contributed by atoms with E-state index in [1.165, 1.54) is 11.3 Å². The summed E-state index contributed by atoms with van der Waals surface area (Å²) in [7, 11) is 0. The Morgan fingerprint density at radius 2 is 2.04 bits per heavy atom. The smallest absolute Gasteiger partial charge is 0.307 e. The molecular formula is C19H28N2O3. The first-order chi connectivity index (χ1) is 11.5. The molecule has 132 valence electrons. The topological polar surface area (TPSA) is 53.0 Å². The van der Waals surface area contributed by atoms with Crippen molar-refractivity contribution in [3.63, 3.8) is 0 Å². The van der Waals surface area contributed by atoms with Crippen LogP contribution in [-0.2, 0) is 16.1 Å². The summed E-state index contributed by atoms with van der Waals surface area (Å²) in [5.41, 5.74) is 2.54. The minimum Gasteiger partial charge on any atom is -0.481 e. The lowest BCUT2D eigenvalue weighted by molar-refractivity contribution is -0.144. The average molecular weight is 332 g/mol. The van der Waals surface area contributed by atoms with E-state index in [9.17, 15) is 9.90 Å². The Bertz CT molecular complexity index is 577. The van der Waals surface area contributed by atoms with Crippen molar-refractivity contribution >= 4 is 11.7 Å². The minimum absolute atomic E-state index is 0.246. The molecule has 2 aliphatic heterocycles. The molecule has 0 aromatic heterocycles. The number of aliphatic carboxylic acids is 1. The Morgan fingerprint density at radius 1 is 1.25 bits per heavy atom. The standard InChI is InChI=1S/C19H28N2O3/c1-14-9-17(19(22)23)13-20(10-14)12-16-5-3-4-6-18(16)21-7-8-24-15(2)11-21/h3-6,14-15,17H,7-13H2,1-2H3,(H,22,23). The number of ether oxygens (including phenoxy) is 1. The van der Waals surface area contributed by atoms with E-state index in [1.807, 2.05) is 0 Å². The molecule has 0 radical (unpaired) electrons. The van der Waals surface area contributed by atoms with Crippen LogP contribution in [0.15, 0.2) is 24.3 Å². The Morgan fingerprint density at radius 3 is 2.79 bits per heavy atom. The van der Waals surface area contributed by atoms with E-state index < -0.39 is 5.97 Å². The second kappa shape index (κ2) is 7.53. The lowest BCUT2D eigenvalue weighted by atomic mass is 9.90. The first kappa shape index (κ1) is 17.2. The molecule has 1 N–H and O–H groups in total. The summed E-state index contributed by atoms with van der Waals surface area (Å²) in [6.45, 7) is 9.27. The third-order valence-electron chi connectivity index (χ3n) is 5.05. The van der Waals surface area contributed by atoms with Crippen LogP contribution in [0.4, 0.5) is 5.69 Å². The van der Waals surface area contributed by atoms with Gasteiger partial charge in [0.05, 0.1) is 18.6 Å². The normalized spacial score (nSPS) is 28.8. The zero-order valence-corrected chi connectivity index (χ0v) is 14.6. The van der Waals surface area contributed by atoms with Gasteiger partial charge < -0.3 is 14.7 Å². The van der Waals surface area contributed by atoms with Crippen molar-refractivity contribution in [3.05, 3.63) is 29.8 Å². The van der Waals surface area contributed by atoms with Gasteiger partial charge in [-0.05, 0) is 30.9 Å². The molecule has 3 rings (SSSR count). The van der Waals surface area contributed by atoms with Crippen LogP contribution in [0.3, 0.4) is 0 Å². The molecule has 5 heteroatoms. The molecule has 3 unspecified atom stereocenters. The van der Waals surface area contributed by atoms with Gasteiger partial charge in [-0.1, -0.05) is 25.1 Å². The summed E-state index contributed by atoms with van der Waals surface area (Å²) >= 11 is 0. The molecule has 0 spiro atoms. The third-order valence-corrected chi connectivity index (χ3v) is 5.05.